The second-order valence-electron chi connectivity index (χ2n) is 9.88. The van der Waals surface area contributed by atoms with E-state index >= 15 is 0 Å². The molecule has 0 saturated carbocycles. The minimum absolute atomic E-state index is 0.0557. The Balaban J connectivity index is 0.000000393. The van der Waals surface area contributed by atoms with Gasteiger partial charge in [0, 0.05) is 18.3 Å². The van der Waals surface area contributed by atoms with Crippen LogP contribution in [0, 0.1) is 11.8 Å². The summed E-state index contributed by atoms with van der Waals surface area (Å²) in [6, 6.07) is 7.05. The van der Waals surface area contributed by atoms with E-state index in [0.717, 1.165) is 26.1 Å². The molecule has 3 aromatic rings. The van der Waals surface area contributed by atoms with Gasteiger partial charge in [-0.3, -0.25) is 4.79 Å². The van der Waals surface area contributed by atoms with Crippen molar-refractivity contribution in [2.75, 3.05) is 13.2 Å². The van der Waals surface area contributed by atoms with Crippen molar-refractivity contribution in [3.8, 4) is 0 Å². The fourth-order valence-corrected chi connectivity index (χ4v) is 4.17. The van der Waals surface area contributed by atoms with Crippen LogP contribution in [-0.2, 0) is 19.0 Å². The first-order valence-electron chi connectivity index (χ1n) is 13.7. The minimum Gasteiger partial charge on any atom is -0.462 e. The van der Waals surface area contributed by atoms with Crippen LogP contribution in [0.25, 0.3) is 11.0 Å². The molecule has 1 aliphatic heterocycles. The third kappa shape index (κ3) is 11.1. The molecule has 2 aromatic heterocycles. The number of fused-ring (bicyclic) bond motifs is 3. The van der Waals surface area contributed by atoms with Crippen LogP contribution in [0.1, 0.15) is 98.3 Å². The smallest absolute Gasteiger partial charge is 0.343 e. The van der Waals surface area contributed by atoms with Gasteiger partial charge in [0.25, 0.3) is 0 Å². The molecule has 1 aliphatic rings. The average molecular weight is 491 g/mol. The summed E-state index contributed by atoms with van der Waals surface area (Å²) in [6.45, 7) is 9.94. The first-order chi connectivity index (χ1) is 16.9. The zero-order valence-corrected chi connectivity index (χ0v) is 22.3. The first-order valence-corrected chi connectivity index (χ1v) is 13.7. The van der Waals surface area contributed by atoms with E-state index in [9.17, 15) is 9.59 Å². The maximum atomic E-state index is 12.0. The Morgan fingerprint density at radius 1 is 0.914 bits per heavy atom. The van der Waals surface area contributed by atoms with E-state index in [1.54, 1.807) is 24.3 Å². The van der Waals surface area contributed by atoms with Gasteiger partial charge >= 0.3 is 11.6 Å². The van der Waals surface area contributed by atoms with E-state index in [0.29, 0.717) is 23.3 Å². The maximum absolute atomic E-state index is 12.0. The SMILES string of the molecule is CCCCCCCCCC(=O)OC(C)C(C)C1OCC(CCCC)CO1.O=c1oc2ccc1cc2. The predicted octanol–water partition coefficient (Wildman–Crippen LogP) is 7.11. The number of hydrogen-bond acceptors (Lipinski definition) is 6. The lowest BCUT2D eigenvalue weighted by Gasteiger charge is -2.34. The molecule has 1 saturated heterocycles. The number of hydrogen-bond donors (Lipinski definition) is 0. The van der Waals surface area contributed by atoms with Gasteiger partial charge in [0.2, 0.25) is 0 Å². The van der Waals surface area contributed by atoms with E-state index in [-0.39, 0.29) is 29.9 Å². The number of carbonyl (C=O) groups is 1. The van der Waals surface area contributed by atoms with Crippen molar-refractivity contribution < 1.29 is 23.4 Å². The molecule has 2 atom stereocenters. The van der Waals surface area contributed by atoms with Crippen LogP contribution in [0.15, 0.2) is 33.5 Å². The molecule has 2 unspecified atom stereocenters. The van der Waals surface area contributed by atoms with Crippen molar-refractivity contribution in [2.45, 2.75) is 111 Å². The van der Waals surface area contributed by atoms with Crippen LogP contribution >= 0.6 is 0 Å². The van der Waals surface area contributed by atoms with Gasteiger partial charge in [0.15, 0.2) is 6.29 Å². The van der Waals surface area contributed by atoms with E-state index < -0.39 is 0 Å². The van der Waals surface area contributed by atoms with E-state index in [1.165, 1.54) is 51.4 Å². The highest BCUT2D eigenvalue weighted by Crippen LogP contribution is 2.24. The second-order valence-corrected chi connectivity index (χ2v) is 9.88. The Morgan fingerprint density at radius 3 is 2.03 bits per heavy atom. The molecule has 1 fully saturated rings. The second kappa shape index (κ2) is 16.7. The van der Waals surface area contributed by atoms with Crippen LogP contribution in [0.4, 0.5) is 0 Å². The molecule has 0 aliphatic carbocycles. The molecule has 0 N–H and O–H groups in total. The van der Waals surface area contributed by atoms with Crippen molar-refractivity contribution >= 4 is 16.9 Å². The van der Waals surface area contributed by atoms with Gasteiger partial charge in [-0.15, -0.1) is 0 Å². The van der Waals surface area contributed by atoms with Crippen molar-refractivity contribution in [3.05, 3.63) is 34.7 Å². The number of rotatable bonds is 14. The van der Waals surface area contributed by atoms with E-state index in [2.05, 4.69) is 13.8 Å². The lowest BCUT2D eigenvalue weighted by atomic mass is 10.0. The van der Waals surface area contributed by atoms with E-state index in [1.807, 2.05) is 13.8 Å². The summed E-state index contributed by atoms with van der Waals surface area (Å²) in [5.41, 5.74) is 0.394. The van der Waals surface area contributed by atoms with Crippen molar-refractivity contribution in [1.29, 1.82) is 0 Å². The topological polar surface area (TPSA) is 75.0 Å². The Hall–Kier alpha value is -1.92. The number of esters is 1. The summed E-state index contributed by atoms with van der Waals surface area (Å²) in [7, 11) is 0. The number of ether oxygens (including phenoxy) is 3. The Bertz CT molecular complexity index is 834. The predicted molar refractivity (Wildman–Crippen MR) is 140 cm³/mol. The molecular formula is C29H46O6. The number of unbranched alkanes of at least 4 members (excludes halogenated alkanes) is 7. The van der Waals surface area contributed by atoms with Gasteiger partial charge in [-0.05, 0) is 44.0 Å². The normalized spacial score (nSPS) is 19.7. The fourth-order valence-electron chi connectivity index (χ4n) is 4.17. The highest BCUT2D eigenvalue weighted by molar-refractivity contribution is 5.69. The van der Waals surface area contributed by atoms with Crippen molar-refractivity contribution in [1.82, 2.24) is 0 Å². The van der Waals surface area contributed by atoms with Crippen molar-refractivity contribution in [2.24, 2.45) is 11.8 Å². The largest absolute Gasteiger partial charge is 0.462 e. The number of benzene rings is 1. The zero-order valence-electron chi connectivity index (χ0n) is 22.3. The van der Waals surface area contributed by atoms with Gasteiger partial charge in [0.1, 0.15) is 11.7 Å². The van der Waals surface area contributed by atoms with Gasteiger partial charge < -0.3 is 18.6 Å². The van der Waals surface area contributed by atoms with Gasteiger partial charge in [-0.25, -0.2) is 4.79 Å². The Kier molecular flexibility index (Phi) is 14.0. The molecular weight excluding hydrogens is 444 g/mol. The molecule has 6 heteroatoms. The molecule has 0 spiro atoms. The van der Waals surface area contributed by atoms with Crippen LogP contribution in [0.2, 0.25) is 0 Å². The molecule has 0 amide bonds. The van der Waals surface area contributed by atoms with Crippen LogP contribution in [-0.4, -0.2) is 31.6 Å². The molecule has 0 radical (unpaired) electrons. The number of carbonyl (C=O) groups excluding carboxylic acids is 1. The Morgan fingerprint density at radius 2 is 1.51 bits per heavy atom. The summed E-state index contributed by atoms with van der Waals surface area (Å²) in [6.07, 6.45) is 12.2. The monoisotopic (exact) mass is 490 g/mol. The molecule has 35 heavy (non-hydrogen) atoms. The fraction of sp³-hybridized carbons (Fsp3) is 0.724. The molecule has 198 valence electrons. The maximum Gasteiger partial charge on any atom is 0.343 e. The van der Waals surface area contributed by atoms with Gasteiger partial charge in [0.05, 0.1) is 18.6 Å². The Labute approximate surface area is 211 Å². The first kappa shape index (κ1) is 29.3. The summed E-state index contributed by atoms with van der Waals surface area (Å²) in [5.74, 6) is 0.475. The van der Waals surface area contributed by atoms with Gasteiger partial charge in [-0.2, -0.15) is 0 Å². The third-order valence-corrected chi connectivity index (χ3v) is 6.73. The molecule has 3 heterocycles. The summed E-state index contributed by atoms with van der Waals surface area (Å²) >= 11 is 0. The quantitative estimate of drug-likeness (QED) is 0.208. The molecule has 6 nitrogen and oxygen atoms in total. The van der Waals surface area contributed by atoms with Gasteiger partial charge in [-0.1, -0.05) is 72.1 Å². The highest BCUT2D eigenvalue weighted by atomic mass is 16.7. The molecule has 2 bridgehead atoms. The average Bonchev–Trinajstić information content (AvgIpc) is 2.87. The summed E-state index contributed by atoms with van der Waals surface area (Å²) in [5, 5.41) is 0.630. The van der Waals surface area contributed by atoms with Crippen LogP contribution < -0.4 is 5.63 Å². The summed E-state index contributed by atoms with van der Waals surface area (Å²) in [4.78, 5) is 22.7. The van der Waals surface area contributed by atoms with Crippen molar-refractivity contribution in [3.63, 3.8) is 0 Å². The summed E-state index contributed by atoms with van der Waals surface area (Å²) < 4.78 is 22.1. The third-order valence-electron chi connectivity index (χ3n) is 6.73. The molecule has 1 aromatic carbocycles. The molecule has 4 rings (SSSR count). The van der Waals surface area contributed by atoms with Crippen LogP contribution in [0.3, 0.4) is 0 Å². The van der Waals surface area contributed by atoms with Crippen LogP contribution in [0.5, 0.6) is 0 Å². The lowest BCUT2D eigenvalue weighted by molar-refractivity contribution is -0.236. The highest BCUT2D eigenvalue weighted by Gasteiger charge is 2.31. The lowest BCUT2D eigenvalue weighted by Crippen LogP contribution is -2.41. The van der Waals surface area contributed by atoms with E-state index in [4.69, 9.17) is 18.6 Å². The zero-order chi connectivity index (χ0) is 25.5. The minimum atomic E-state index is -0.255. The standard InChI is InChI=1S/C22H42O4.C7H4O2/c1-5-7-9-10-11-12-13-15-21(23)26-19(4)18(3)22-24-16-20(17-25-22)14-8-6-2;8-7-5-1-3-6(9-7)4-2-5/h18-20,22H,5-17H2,1-4H3;1-4H.